The lowest BCUT2D eigenvalue weighted by Gasteiger charge is -2.63. The quantitative estimate of drug-likeness (QED) is 0.587. The lowest BCUT2D eigenvalue weighted by molar-refractivity contribution is -0.204. The Hall–Kier alpha value is -0.650. The van der Waals surface area contributed by atoms with Crippen molar-refractivity contribution < 1.29 is 25.2 Å². The maximum atomic E-state index is 11.4. The standard InChI is InChI=1S/C23H38O5/c1-22-9-8-15(24)10-14(22)11-18(25)21-16-7-6-13(4-3-5-20(27)28)23(16,2)19(26)12-17(21)22/h13-19,21,24-26H,3-12H2,1-2H3,(H,27,28)/t13-,14?,15+,16-,17-,18+,19-,21?,22-,23+/m0/s1. The van der Waals surface area contributed by atoms with Gasteiger partial charge in [-0.1, -0.05) is 13.8 Å². The zero-order chi connectivity index (χ0) is 20.3. The lowest BCUT2D eigenvalue weighted by Crippen LogP contribution is -2.62. The molecule has 4 N–H and O–H groups in total. The lowest BCUT2D eigenvalue weighted by atomic mass is 9.43. The molecule has 4 saturated carbocycles. The minimum atomic E-state index is -0.745. The maximum Gasteiger partial charge on any atom is 0.303 e. The number of carboxylic acid groups (broad SMARTS) is 1. The molecule has 4 rings (SSSR count). The molecule has 0 aromatic heterocycles. The first-order valence-corrected chi connectivity index (χ1v) is 11.4. The molecule has 2 unspecified atom stereocenters. The highest BCUT2D eigenvalue weighted by Gasteiger charge is 2.65. The van der Waals surface area contributed by atoms with Crippen molar-refractivity contribution in [1.82, 2.24) is 0 Å². The Kier molecular flexibility index (Phi) is 5.33. The Bertz CT molecular complexity index is 608. The normalized spacial score (nSPS) is 53.2. The molecule has 160 valence electrons. The largest absolute Gasteiger partial charge is 0.481 e. The van der Waals surface area contributed by atoms with Crippen LogP contribution in [0.5, 0.6) is 0 Å². The predicted molar refractivity (Wildman–Crippen MR) is 105 cm³/mol. The van der Waals surface area contributed by atoms with Crippen LogP contribution < -0.4 is 0 Å². The molecule has 0 amide bonds. The third kappa shape index (κ3) is 3.04. The Morgan fingerprint density at radius 3 is 2.46 bits per heavy atom. The van der Waals surface area contributed by atoms with Crippen LogP contribution in [0.1, 0.15) is 78.1 Å². The van der Waals surface area contributed by atoms with Gasteiger partial charge in [-0.2, -0.15) is 0 Å². The van der Waals surface area contributed by atoms with Crippen molar-refractivity contribution in [3.05, 3.63) is 0 Å². The van der Waals surface area contributed by atoms with E-state index in [-0.39, 0.29) is 41.5 Å². The van der Waals surface area contributed by atoms with Gasteiger partial charge in [-0.3, -0.25) is 4.79 Å². The van der Waals surface area contributed by atoms with Gasteiger partial charge in [0.2, 0.25) is 0 Å². The first-order valence-electron chi connectivity index (χ1n) is 11.4. The molecule has 0 aliphatic heterocycles. The highest BCUT2D eigenvalue weighted by Crippen LogP contribution is 2.67. The van der Waals surface area contributed by atoms with Gasteiger partial charge in [0.15, 0.2) is 0 Å². The molecule has 0 bridgehead atoms. The third-order valence-electron chi connectivity index (χ3n) is 9.90. The summed E-state index contributed by atoms with van der Waals surface area (Å²) < 4.78 is 0. The number of aliphatic hydroxyl groups excluding tert-OH is 3. The van der Waals surface area contributed by atoms with E-state index in [1.807, 2.05) is 0 Å². The molecule has 10 atom stereocenters. The SMILES string of the molecule is C[C@@]12[C@@H](CCCC(=O)O)CC[C@H]1C1[C@H](O)CC3C[C@H](O)CC[C@]3(C)[C@H]1C[C@@H]2O. The fourth-order valence-corrected chi connectivity index (χ4v) is 8.26. The first-order chi connectivity index (χ1) is 13.2. The van der Waals surface area contributed by atoms with E-state index in [0.717, 1.165) is 51.4 Å². The summed E-state index contributed by atoms with van der Waals surface area (Å²) in [6.07, 6.45) is 6.95. The molecule has 4 aliphatic carbocycles. The van der Waals surface area contributed by atoms with Crippen molar-refractivity contribution in [2.24, 2.45) is 40.4 Å². The minimum absolute atomic E-state index is 0.104. The summed E-state index contributed by atoms with van der Waals surface area (Å²) >= 11 is 0. The smallest absolute Gasteiger partial charge is 0.303 e. The first kappa shape index (κ1) is 20.6. The molecule has 28 heavy (non-hydrogen) atoms. The second kappa shape index (κ2) is 7.24. The van der Waals surface area contributed by atoms with E-state index in [0.29, 0.717) is 30.1 Å². The summed E-state index contributed by atoms with van der Waals surface area (Å²) in [6.45, 7) is 4.56. The zero-order valence-electron chi connectivity index (χ0n) is 17.4. The molecule has 0 aromatic rings. The van der Waals surface area contributed by atoms with Crippen LogP contribution >= 0.6 is 0 Å². The Balaban J connectivity index is 1.58. The van der Waals surface area contributed by atoms with Crippen molar-refractivity contribution in [2.45, 2.75) is 96.4 Å². The number of hydrogen-bond acceptors (Lipinski definition) is 4. The van der Waals surface area contributed by atoms with Crippen LogP contribution in [0.15, 0.2) is 0 Å². The summed E-state index contributed by atoms with van der Waals surface area (Å²) in [5, 5.41) is 41.7. The van der Waals surface area contributed by atoms with Gasteiger partial charge in [0.1, 0.15) is 0 Å². The molecule has 0 aromatic carbocycles. The molecule has 5 heteroatoms. The average Bonchev–Trinajstić information content (AvgIpc) is 2.95. The van der Waals surface area contributed by atoms with Crippen molar-refractivity contribution in [2.75, 3.05) is 0 Å². The number of hydrogen-bond donors (Lipinski definition) is 4. The van der Waals surface area contributed by atoms with Crippen LogP contribution in [0, 0.1) is 40.4 Å². The number of fused-ring (bicyclic) bond motifs is 5. The second-order valence-corrected chi connectivity index (χ2v) is 10.9. The minimum Gasteiger partial charge on any atom is -0.481 e. The van der Waals surface area contributed by atoms with E-state index in [9.17, 15) is 20.1 Å². The molecule has 0 spiro atoms. The predicted octanol–water partition coefficient (Wildman–Crippen LogP) is 3.20. The topological polar surface area (TPSA) is 98.0 Å². The van der Waals surface area contributed by atoms with Crippen molar-refractivity contribution in [3.8, 4) is 0 Å². The molecular formula is C23H38O5. The fourth-order valence-electron chi connectivity index (χ4n) is 8.26. The van der Waals surface area contributed by atoms with Gasteiger partial charge in [-0.15, -0.1) is 0 Å². The van der Waals surface area contributed by atoms with Gasteiger partial charge in [0, 0.05) is 6.42 Å². The molecule has 0 heterocycles. The zero-order valence-corrected chi connectivity index (χ0v) is 17.4. The summed E-state index contributed by atoms with van der Waals surface area (Å²) in [5.41, 5.74) is -0.106. The molecule has 4 fully saturated rings. The van der Waals surface area contributed by atoms with Gasteiger partial charge in [-0.25, -0.2) is 0 Å². The van der Waals surface area contributed by atoms with Crippen LogP contribution in [0.4, 0.5) is 0 Å². The summed E-state index contributed by atoms with van der Waals surface area (Å²) in [5.74, 6) is 0.810. The average molecular weight is 395 g/mol. The van der Waals surface area contributed by atoms with Crippen LogP contribution in [0.3, 0.4) is 0 Å². The third-order valence-corrected chi connectivity index (χ3v) is 9.90. The van der Waals surface area contributed by atoms with E-state index in [4.69, 9.17) is 5.11 Å². The monoisotopic (exact) mass is 394 g/mol. The van der Waals surface area contributed by atoms with Crippen LogP contribution in [0.2, 0.25) is 0 Å². The highest BCUT2D eigenvalue weighted by molar-refractivity contribution is 5.66. The number of aliphatic hydroxyl groups is 3. The molecule has 4 aliphatic rings. The summed E-state index contributed by atoms with van der Waals surface area (Å²) in [6, 6.07) is 0. The van der Waals surface area contributed by atoms with Gasteiger partial charge in [-0.05, 0) is 98.2 Å². The van der Waals surface area contributed by atoms with E-state index < -0.39 is 5.97 Å². The number of aliphatic carboxylic acids is 1. The van der Waals surface area contributed by atoms with Crippen molar-refractivity contribution >= 4 is 5.97 Å². The van der Waals surface area contributed by atoms with Crippen molar-refractivity contribution in [1.29, 1.82) is 0 Å². The maximum absolute atomic E-state index is 11.4. The van der Waals surface area contributed by atoms with Gasteiger partial charge < -0.3 is 20.4 Å². The molecule has 5 nitrogen and oxygen atoms in total. The van der Waals surface area contributed by atoms with Crippen molar-refractivity contribution in [3.63, 3.8) is 0 Å². The number of carbonyl (C=O) groups is 1. The molecular weight excluding hydrogens is 356 g/mol. The number of carboxylic acids is 1. The van der Waals surface area contributed by atoms with E-state index in [1.54, 1.807) is 0 Å². The molecule has 0 radical (unpaired) electrons. The Morgan fingerprint density at radius 1 is 1.00 bits per heavy atom. The molecule has 0 saturated heterocycles. The van der Waals surface area contributed by atoms with Gasteiger partial charge in [0.25, 0.3) is 0 Å². The van der Waals surface area contributed by atoms with E-state index in [2.05, 4.69) is 13.8 Å². The summed E-state index contributed by atoms with van der Waals surface area (Å²) in [7, 11) is 0. The van der Waals surface area contributed by atoms with E-state index >= 15 is 0 Å². The van der Waals surface area contributed by atoms with E-state index in [1.165, 1.54) is 0 Å². The summed E-state index contributed by atoms with van der Waals surface area (Å²) in [4.78, 5) is 10.9. The van der Waals surface area contributed by atoms with Gasteiger partial charge >= 0.3 is 5.97 Å². The van der Waals surface area contributed by atoms with Crippen LogP contribution in [0.25, 0.3) is 0 Å². The van der Waals surface area contributed by atoms with Crippen LogP contribution in [-0.2, 0) is 4.79 Å². The van der Waals surface area contributed by atoms with Gasteiger partial charge in [0.05, 0.1) is 18.3 Å². The van der Waals surface area contributed by atoms with Crippen LogP contribution in [-0.4, -0.2) is 44.7 Å². The number of rotatable bonds is 4. The Morgan fingerprint density at radius 2 is 1.75 bits per heavy atom. The highest BCUT2D eigenvalue weighted by atomic mass is 16.4. The second-order valence-electron chi connectivity index (χ2n) is 10.9. The Labute approximate surface area is 168 Å². The fraction of sp³-hybridized carbons (Fsp3) is 0.957.